The first kappa shape index (κ1) is 16.0. The molecule has 0 saturated heterocycles. The highest BCUT2D eigenvalue weighted by molar-refractivity contribution is 9.10. The first-order chi connectivity index (χ1) is 7.28. The maximum atomic E-state index is 11.3. The summed E-state index contributed by atoms with van der Waals surface area (Å²) in [5, 5.41) is 46.3. The van der Waals surface area contributed by atoms with E-state index in [0.717, 1.165) is 0 Å². The first-order valence-corrected chi connectivity index (χ1v) is 5.67. The molecular formula is C9H17BrO6. The van der Waals surface area contributed by atoms with E-state index in [-0.39, 0.29) is 6.42 Å². The van der Waals surface area contributed by atoms with Crippen LogP contribution in [0, 0.1) is 0 Å². The molecule has 0 aliphatic heterocycles. The van der Waals surface area contributed by atoms with Crippen LogP contribution in [0.4, 0.5) is 0 Å². The van der Waals surface area contributed by atoms with E-state index in [4.69, 9.17) is 10.2 Å². The number of aliphatic hydroxyl groups is 5. The van der Waals surface area contributed by atoms with Gasteiger partial charge in [-0.15, -0.1) is 0 Å². The summed E-state index contributed by atoms with van der Waals surface area (Å²) in [7, 11) is 0. The van der Waals surface area contributed by atoms with Gasteiger partial charge in [-0.05, 0) is 22.4 Å². The fourth-order valence-electron chi connectivity index (χ4n) is 1.14. The van der Waals surface area contributed by atoms with E-state index in [1.165, 1.54) is 0 Å². The van der Waals surface area contributed by atoms with Gasteiger partial charge in [0.25, 0.3) is 0 Å². The molecule has 0 aromatic rings. The highest BCUT2D eigenvalue weighted by Gasteiger charge is 2.46. The van der Waals surface area contributed by atoms with Gasteiger partial charge in [-0.25, -0.2) is 0 Å². The molecule has 0 unspecified atom stereocenters. The normalized spacial score (nSPS) is 20.9. The van der Waals surface area contributed by atoms with E-state index in [1.807, 2.05) is 0 Å². The zero-order chi connectivity index (χ0) is 12.9. The second kappa shape index (κ2) is 6.63. The van der Waals surface area contributed by atoms with Gasteiger partial charge in [-0.1, -0.05) is 6.92 Å². The molecule has 0 aliphatic rings. The zero-order valence-electron chi connectivity index (χ0n) is 8.88. The standard InChI is InChI=1S/C9H17BrO6/c1-2-3-5(12)7(14)9(10,16)8(15)6(13)4-11/h6-8,11,13-16H,2-4H2,1H3/t6-,7+,8-,9-/m1/s1. The maximum Gasteiger partial charge on any atom is 0.180 e. The van der Waals surface area contributed by atoms with Crippen LogP contribution in [0.15, 0.2) is 0 Å². The molecule has 0 saturated carbocycles. The van der Waals surface area contributed by atoms with Crippen molar-refractivity contribution in [3.05, 3.63) is 0 Å². The van der Waals surface area contributed by atoms with Gasteiger partial charge in [-0.2, -0.15) is 0 Å². The number of carbonyl (C=O) groups is 1. The molecule has 0 aromatic carbocycles. The topological polar surface area (TPSA) is 118 Å². The van der Waals surface area contributed by atoms with Crippen molar-refractivity contribution >= 4 is 21.7 Å². The minimum atomic E-state index is -2.37. The monoisotopic (exact) mass is 300 g/mol. The van der Waals surface area contributed by atoms with E-state index >= 15 is 0 Å². The number of Topliss-reactive ketones (excluding diaryl/α,β-unsaturated/α-hetero) is 1. The van der Waals surface area contributed by atoms with Crippen LogP contribution in [0.5, 0.6) is 0 Å². The van der Waals surface area contributed by atoms with Gasteiger partial charge in [0.15, 0.2) is 16.4 Å². The van der Waals surface area contributed by atoms with Gasteiger partial charge in [0.2, 0.25) is 0 Å². The van der Waals surface area contributed by atoms with Crippen molar-refractivity contribution < 1.29 is 30.3 Å². The summed E-state index contributed by atoms with van der Waals surface area (Å²) in [6, 6.07) is 0. The molecule has 5 N–H and O–H groups in total. The molecule has 0 aliphatic carbocycles. The summed E-state index contributed by atoms with van der Waals surface area (Å²) in [6.45, 7) is 0.917. The summed E-state index contributed by atoms with van der Waals surface area (Å²) < 4.78 is -2.37. The number of rotatable bonds is 7. The third-order valence-electron chi connectivity index (χ3n) is 2.15. The van der Waals surface area contributed by atoms with Crippen molar-refractivity contribution in [1.82, 2.24) is 0 Å². The summed E-state index contributed by atoms with van der Waals surface area (Å²) in [4.78, 5) is 11.3. The largest absolute Gasteiger partial charge is 0.394 e. The minimum Gasteiger partial charge on any atom is -0.394 e. The van der Waals surface area contributed by atoms with Crippen LogP contribution in [0.3, 0.4) is 0 Å². The van der Waals surface area contributed by atoms with Gasteiger partial charge in [0, 0.05) is 6.42 Å². The van der Waals surface area contributed by atoms with Crippen LogP contribution in [0.1, 0.15) is 19.8 Å². The fourth-order valence-corrected chi connectivity index (χ4v) is 1.70. The highest BCUT2D eigenvalue weighted by atomic mass is 79.9. The summed E-state index contributed by atoms with van der Waals surface area (Å²) in [5.41, 5.74) is 0. The van der Waals surface area contributed by atoms with E-state index < -0.39 is 35.2 Å². The van der Waals surface area contributed by atoms with E-state index in [2.05, 4.69) is 15.9 Å². The van der Waals surface area contributed by atoms with Gasteiger partial charge in [-0.3, -0.25) is 4.79 Å². The Morgan fingerprint density at radius 2 is 1.88 bits per heavy atom. The number of halogens is 1. The third kappa shape index (κ3) is 3.76. The molecule has 0 heterocycles. The lowest BCUT2D eigenvalue weighted by atomic mass is 9.98. The molecule has 0 fully saturated rings. The smallest absolute Gasteiger partial charge is 0.180 e. The second-order valence-corrected chi connectivity index (χ2v) is 4.81. The molecular weight excluding hydrogens is 284 g/mol. The molecule has 4 atom stereocenters. The molecule has 0 spiro atoms. The van der Waals surface area contributed by atoms with Crippen molar-refractivity contribution in [1.29, 1.82) is 0 Å². The SMILES string of the molecule is CCCC(=O)[C@H](O)[C@](O)(Br)[C@H](O)[C@H](O)CO. The van der Waals surface area contributed by atoms with Gasteiger partial charge >= 0.3 is 0 Å². The lowest BCUT2D eigenvalue weighted by molar-refractivity contribution is -0.153. The van der Waals surface area contributed by atoms with Crippen LogP contribution in [-0.2, 0) is 4.79 Å². The number of ketones is 1. The number of hydrogen-bond acceptors (Lipinski definition) is 6. The minimum absolute atomic E-state index is 0.0387. The average molecular weight is 301 g/mol. The molecule has 0 rings (SSSR count). The Morgan fingerprint density at radius 3 is 2.25 bits per heavy atom. The molecule has 0 amide bonds. The Bertz CT molecular complexity index is 232. The van der Waals surface area contributed by atoms with Crippen molar-refractivity contribution in [2.45, 2.75) is 42.6 Å². The van der Waals surface area contributed by atoms with Crippen LogP contribution >= 0.6 is 15.9 Å². The lowest BCUT2D eigenvalue weighted by Crippen LogP contribution is -2.55. The molecule has 16 heavy (non-hydrogen) atoms. The second-order valence-electron chi connectivity index (χ2n) is 3.54. The van der Waals surface area contributed by atoms with Gasteiger partial charge < -0.3 is 25.5 Å². The quantitative estimate of drug-likeness (QED) is 0.366. The van der Waals surface area contributed by atoms with Crippen molar-refractivity contribution in [3.8, 4) is 0 Å². The molecule has 96 valence electrons. The number of hydrogen-bond donors (Lipinski definition) is 5. The van der Waals surface area contributed by atoms with E-state index in [0.29, 0.717) is 6.42 Å². The zero-order valence-corrected chi connectivity index (χ0v) is 10.5. The van der Waals surface area contributed by atoms with Gasteiger partial charge in [0.05, 0.1) is 6.61 Å². The number of aliphatic hydroxyl groups excluding tert-OH is 4. The lowest BCUT2D eigenvalue weighted by Gasteiger charge is -2.32. The predicted molar refractivity (Wildman–Crippen MR) is 58.9 cm³/mol. The molecule has 7 heteroatoms. The van der Waals surface area contributed by atoms with E-state index in [1.54, 1.807) is 6.92 Å². The van der Waals surface area contributed by atoms with Crippen molar-refractivity contribution in [3.63, 3.8) is 0 Å². The van der Waals surface area contributed by atoms with Gasteiger partial charge in [0.1, 0.15) is 12.2 Å². The van der Waals surface area contributed by atoms with E-state index in [9.17, 15) is 20.1 Å². The first-order valence-electron chi connectivity index (χ1n) is 4.88. The average Bonchev–Trinajstić information content (AvgIpc) is 2.25. The van der Waals surface area contributed by atoms with Crippen LogP contribution < -0.4 is 0 Å². The number of carbonyl (C=O) groups excluding carboxylic acids is 1. The number of alkyl halides is 1. The Hall–Kier alpha value is -0.0500. The Labute approximate surface area is 102 Å². The fraction of sp³-hybridized carbons (Fsp3) is 0.889. The summed E-state index contributed by atoms with van der Waals surface area (Å²) in [5.74, 6) is -0.661. The summed E-state index contributed by atoms with van der Waals surface area (Å²) in [6.07, 6.45) is -4.89. The highest BCUT2D eigenvalue weighted by Crippen LogP contribution is 2.27. The van der Waals surface area contributed by atoms with Crippen molar-refractivity contribution in [2.75, 3.05) is 6.61 Å². The van der Waals surface area contributed by atoms with Crippen LogP contribution in [0.25, 0.3) is 0 Å². The molecule has 0 radical (unpaired) electrons. The third-order valence-corrected chi connectivity index (χ3v) is 3.05. The molecule has 0 aromatic heterocycles. The van der Waals surface area contributed by atoms with Crippen LogP contribution in [0.2, 0.25) is 0 Å². The maximum absolute atomic E-state index is 11.3. The molecule has 0 bridgehead atoms. The Balaban J connectivity index is 4.69. The summed E-state index contributed by atoms with van der Waals surface area (Å²) >= 11 is 2.59. The Kier molecular flexibility index (Phi) is 6.61. The van der Waals surface area contributed by atoms with Crippen molar-refractivity contribution in [2.24, 2.45) is 0 Å². The molecule has 6 nitrogen and oxygen atoms in total. The predicted octanol–water partition coefficient (Wildman–Crippen LogP) is -1.49. The Morgan fingerprint density at radius 1 is 1.38 bits per heavy atom. The van der Waals surface area contributed by atoms with Crippen LogP contribution in [-0.4, -0.2) is 60.7 Å².